The molecule has 3 heteroatoms. The van der Waals surface area contributed by atoms with Crippen molar-refractivity contribution in [1.29, 1.82) is 0 Å². The summed E-state index contributed by atoms with van der Waals surface area (Å²) in [6, 6.07) is 18.0. The Morgan fingerprint density at radius 2 is 1.70 bits per heavy atom. The molecule has 2 aromatic carbocycles. The second kappa shape index (κ2) is 5.51. The van der Waals surface area contributed by atoms with Gasteiger partial charge >= 0.3 is 0 Å². The summed E-state index contributed by atoms with van der Waals surface area (Å²) in [5.74, 6) is 0.908. The largest absolute Gasteiger partial charge is 0.342 e. The molecular weight excluding hydrogens is 268 g/mol. The van der Waals surface area contributed by atoms with Crippen LogP contribution in [0.25, 0.3) is 11.4 Å². The van der Waals surface area contributed by atoms with E-state index in [1.54, 1.807) is 0 Å². The average Bonchev–Trinajstić information content (AvgIpc) is 2.84. The number of aromatic amines is 1. The molecule has 0 fully saturated rings. The minimum atomic E-state index is 0.745. The van der Waals surface area contributed by atoms with E-state index in [-0.39, 0.29) is 0 Å². The molecule has 20 heavy (non-hydrogen) atoms. The molecule has 0 bridgehead atoms. The molecule has 1 heterocycles. The molecule has 0 aliphatic carbocycles. The monoisotopic (exact) mass is 282 g/mol. The van der Waals surface area contributed by atoms with Crippen LogP contribution in [0.2, 0.25) is 5.02 Å². The highest BCUT2D eigenvalue weighted by atomic mass is 35.5. The number of rotatable bonds is 3. The molecule has 1 aromatic heterocycles. The van der Waals surface area contributed by atoms with Gasteiger partial charge in [-0.2, -0.15) is 0 Å². The van der Waals surface area contributed by atoms with Crippen molar-refractivity contribution in [3.05, 3.63) is 76.6 Å². The Kier molecular flexibility index (Phi) is 3.57. The van der Waals surface area contributed by atoms with E-state index in [0.717, 1.165) is 39.8 Å². The highest BCUT2D eigenvalue weighted by Gasteiger charge is 2.10. The maximum Gasteiger partial charge on any atom is 0.137 e. The smallest absolute Gasteiger partial charge is 0.137 e. The van der Waals surface area contributed by atoms with Crippen LogP contribution in [0.5, 0.6) is 0 Å². The highest BCUT2D eigenvalue weighted by molar-refractivity contribution is 6.31. The van der Waals surface area contributed by atoms with E-state index in [4.69, 9.17) is 16.6 Å². The lowest BCUT2D eigenvalue weighted by atomic mass is 10.1. The molecule has 1 N–H and O–H groups in total. The van der Waals surface area contributed by atoms with Crippen LogP contribution in [0, 0.1) is 6.92 Å². The number of imidazole rings is 1. The fraction of sp³-hybridized carbons (Fsp3) is 0.118. The molecule has 0 amide bonds. The van der Waals surface area contributed by atoms with E-state index in [0.29, 0.717) is 0 Å². The van der Waals surface area contributed by atoms with E-state index < -0.39 is 0 Å². The predicted octanol–water partition coefficient (Wildman–Crippen LogP) is 4.63. The van der Waals surface area contributed by atoms with E-state index in [2.05, 4.69) is 17.1 Å². The Morgan fingerprint density at radius 1 is 1.00 bits per heavy atom. The lowest BCUT2D eigenvalue weighted by Crippen LogP contribution is -1.92. The summed E-state index contributed by atoms with van der Waals surface area (Å²) in [7, 11) is 0. The van der Waals surface area contributed by atoms with Crippen LogP contribution in [-0.2, 0) is 6.42 Å². The average molecular weight is 283 g/mol. The number of nitrogens with one attached hydrogen (secondary N) is 1. The van der Waals surface area contributed by atoms with Crippen molar-refractivity contribution < 1.29 is 0 Å². The van der Waals surface area contributed by atoms with E-state index in [1.165, 1.54) is 0 Å². The van der Waals surface area contributed by atoms with Gasteiger partial charge in [0.1, 0.15) is 5.82 Å². The number of nitrogens with zero attached hydrogens (tertiary/aromatic N) is 1. The van der Waals surface area contributed by atoms with Crippen molar-refractivity contribution in [3.63, 3.8) is 0 Å². The Hall–Kier alpha value is -2.06. The van der Waals surface area contributed by atoms with Crippen molar-refractivity contribution in [2.75, 3.05) is 0 Å². The lowest BCUT2D eigenvalue weighted by molar-refractivity contribution is 1.08. The number of hydrogen-bond acceptors (Lipinski definition) is 1. The molecule has 0 unspecified atom stereocenters. The van der Waals surface area contributed by atoms with E-state index >= 15 is 0 Å². The fourth-order valence-corrected chi connectivity index (χ4v) is 2.43. The third kappa shape index (κ3) is 2.61. The number of benzene rings is 2. The maximum atomic E-state index is 6.21. The molecule has 0 spiro atoms. The van der Waals surface area contributed by atoms with Gasteiger partial charge in [0.2, 0.25) is 0 Å². The Bertz CT molecular complexity index is 717. The topological polar surface area (TPSA) is 28.7 Å². The number of H-pyrrole nitrogens is 1. The predicted molar refractivity (Wildman–Crippen MR) is 83.0 cm³/mol. The van der Waals surface area contributed by atoms with Crippen molar-refractivity contribution in [1.82, 2.24) is 9.97 Å². The van der Waals surface area contributed by atoms with Gasteiger partial charge in [0.15, 0.2) is 0 Å². The molecule has 3 rings (SSSR count). The molecular formula is C17H15ClN2. The van der Waals surface area contributed by atoms with Gasteiger partial charge < -0.3 is 4.98 Å². The summed E-state index contributed by atoms with van der Waals surface area (Å²) >= 11 is 6.21. The van der Waals surface area contributed by atoms with Gasteiger partial charge in [-0.1, -0.05) is 60.1 Å². The van der Waals surface area contributed by atoms with Gasteiger partial charge in [0.05, 0.1) is 5.69 Å². The summed E-state index contributed by atoms with van der Waals surface area (Å²) in [6.45, 7) is 2.05. The molecule has 0 saturated heterocycles. The third-order valence-electron chi connectivity index (χ3n) is 3.35. The second-order valence-electron chi connectivity index (χ2n) is 4.79. The molecule has 100 valence electrons. The minimum absolute atomic E-state index is 0.745. The molecule has 2 nitrogen and oxygen atoms in total. The van der Waals surface area contributed by atoms with Crippen molar-refractivity contribution in [2.24, 2.45) is 0 Å². The quantitative estimate of drug-likeness (QED) is 0.745. The first-order valence-corrected chi connectivity index (χ1v) is 6.96. The van der Waals surface area contributed by atoms with Crippen LogP contribution >= 0.6 is 11.6 Å². The highest BCUT2D eigenvalue weighted by Crippen LogP contribution is 2.22. The SMILES string of the molecule is Cc1[nH]c(-c2ccccc2)nc1Cc1ccccc1Cl. The maximum absolute atomic E-state index is 6.21. The van der Waals surface area contributed by atoms with Crippen molar-refractivity contribution in [3.8, 4) is 11.4 Å². The standard InChI is InChI=1S/C17H15ClN2/c1-12-16(11-14-9-5-6-10-15(14)18)20-17(19-12)13-7-3-2-4-8-13/h2-10H,11H2,1H3,(H,19,20). The Morgan fingerprint density at radius 3 is 2.45 bits per heavy atom. The van der Waals surface area contributed by atoms with Crippen molar-refractivity contribution in [2.45, 2.75) is 13.3 Å². The van der Waals surface area contributed by atoms with Crippen LogP contribution in [-0.4, -0.2) is 9.97 Å². The van der Waals surface area contributed by atoms with Crippen LogP contribution < -0.4 is 0 Å². The first kappa shape index (κ1) is 12.9. The zero-order chi connectivity index (χ0) is 13.9. The normalized spacial score (nSPS) is 10.7. The summed E-state index contributed by atoms with van der Waals surface area (Å²) in [4.78, 5) is 8.05. The minimum Gasteiger partial charge on any atom is -0.342 e. The molecule has 0 aliphatic heterocycles. The molecule has 0 atom stereocenters. The second-order valence-corrected chi connectivity index (χ2v) is 5.20. The third-order valence-corrected chi connectivity index (χ3v) is 3.72. The zero-order valence-corrected chi connectivity index (χ0v) is 12.0. The van der Waals surface area contributed by atoms with Crippen LogP contribution in [0.1, 0.15) is 17.0 Å². The van der Waals surface area contributed by atoms with Crippen molar-refractivity contribution >= 4 is 11.6 Å². The number of aromatic nitrogens is 2. The van der Waals surface area contributed by atoms with Crippen LogP contribution in [0.15, 0.2) is 54.6 Å². The first-order chi connectivity index (χ1) is 9.74. The van der Waals surface area contributed by atoms with Gasteiger partial charge in [-0.3, -0.25) is 0 Å². The Balaban J connectivity index is 1.92. The summed E-state index contributed by atoms with van der Waals surface area (Å²) in [6.07, 6.45) is 0.745. The zero-order valence-electron chi connectivity index (χ0n) is 11.2. The fourth-order valence-electron chi connectivity index (χ4n) is 2.22. The molecule has 0 saturated carbocycles. The molecule has 0 aliphatic rings. The Labute approximate surface area is 123 Å². The summed E-state index contributed by atoms with van der Waals surface area (Å²) in [5, 5.41) is 0.788. The summed E-state index contributed by atoms with van der Waals surface area (Å²) < 4.78 is 0. The first-order valence-electron chi connectivity index (χ1n) is 6.58. The number of halogens is 1. The summed E-state index contributed by atoms with van der Waals surface area (Å²) in [5.41, 5.74) is 4.32. The van der Waals surface area contributed by atoms with Gasteiger partial charge in [0.25, 0.3) is 0 Å². The number of aryl methyl sites for hydroxylation is 1. The van der Waals surface area contributed by atoms with Gasteiger partial charge in [0, 0.05) is 22.7 Å². The van der Waals surface area contributed by atoms with Crippen LogP contribution in [0.3, 0.4) is 0 Å². The van der Waals surface area contributed by atoms with Crippen LogP contribution in [0.4, 0.5) is 0 Å². The van der Waals surface area contributed by atoms with Gasteiger partial charge in [-0.05, 0) is 18.6 Å². The van der Waals surface area contributed by atoms with Gasteiger partial charge in [-0.15, -0.1) is 0 Å². The van der Waals surface area contributed by atoms with E-state index in [9.17, 15) is 0 Å². The molecule has 3 aromatic rings. The van der Waals surface area contributed by atoms with Gasteiger partial charge in [-0.25, -0.2) is 4.98 Å². The number of hydrogen-bond donors (Lipinski definition) is 1. The van der Waals surface area contributed by atoms with E-state index in [1.807, 2.05) is 49.4 Å². The lowest BCUT2D eigenvalue weighted by Gasteiger charge is -2.02. The molecule has 0 radical (unpaired) electrons.